The predicted molar refractivity (Wildman–Crippen MR) is 143 cm³/mol. The molecule has 0 spiro atoms. The van der Waals surface area contributed by atoms with E-state index in [1.165, 1.54) is 0 Å². The molecule has 1 aromatic carbocycles. The van der Waals surface area contributed by atoms with Crippen molar-refractivity contribution in [1.82, 2.24) is 14.9 Å². The molecule has 0 unspecified atom stereocenters. The maximum absolute atomic E-state index is 12.9. The Bertz CT molecular complexity index is 1090. The van der Waals surface area contributed by atoms with Crippen LogP contribution in [0.1, 0.15) is 29.6 Å². The highest BCUT2D eigenvalue weighted by Gasteiger charge is 2.35. The number of carbonyl (C=O) groups is 1. The first-order valence-electron chi connectivity index (χ1n) is 11.3. The Balaban J connectivity index is 0.00000216. The number of piperidine rings is 1. The summed E-state index contributed by atoms with van der Waals surface area (Å²) in [7, 11) is 1.73. The van der Waals surface area contributed by atoms with E-state index in [0.717, 1.165) is 23.1 Å². The number of rotatable bonds is 8. The zero-order valence-corrected chi connectivity index (χ0v) is 21.4. The molecule has 3 N–H and O–H groups in total. The van der Waals surface area contributed by atoms with Gasteiger partial charge in [-0.05, 0) is 68.3 Å². The van der Waals surface area contributed by atoms with Crippen molar-refractivity contribution in [1.29, 1.82) is 0 Å². The van der Waals surface area contributed by atoms with Crippen LogP contribution in [0.5, 0.6) is 5.75 Å². The molecule has 4 rings (SSSR count). The van der Waals surface area contributed by atoms with E-state index in [2.05, 4.69) is 14.9 Å². The number of fused-ring (bicyclic) bond motifs is 1. The van der Waals surface area contributed by atoms with E-state index >= 15 is 0 Å². The maximum atomic E-state index is 12.9. The molecule has 3 heterocycles. The van der Waals surface area contributed by atoms with E-state index in [-0.39, 0.29) is 37.3 Å². The molecule has 10 heteroatoms. The lowest BCUT2D eigenvalue weighted by atomic mass is 9.90. The quantitative estimate of drug-likeness (QED) is 0.438. The van der Waals surface area contributed by atoms with Gasteiger partial charge < -0.3 is 25.4 Å². The summed E-state index contributed by atoms with van der Waals surface area (Å²) in [5.41, 5.74) is 7.87. The third kappa shape index (κ3) is 6.95. The molecule has 190 valence electrons. The fourth-order valence-corrected chi connectivity index (χ4v) is 4.24. The van der Waals surface area contributed by atoms with Gasteiger partial charge >= 0.3 is 0 Å². The summed E-state index contributed by atoms with van der Waals surface area (Å²) in [5, 5.41) is 11.2. The molecule has 2 aromatic heterocycles. The Morgan fingerprint density at radius 3 is 2.51 bits per heavy atom. The number of likely N-dealkylation sites (N-methyl/N-ethyl adjacent to an activating group) is 1. The molecule has 0 atom stereocenters. The van der Waals surface area contributed by atoms with Crippen LogP contribution in [0.3, 0.4) is 0 Å². The highest BCUT2D eigenvalue weighted by atomic mass is 35.5. The van der Waals surface area contributed by atoms with Crippen LogP contribution in [0.4, 0.5) is 5.69 Å². The molecule has 3 aromatic rings. The highest BCUT2D eigenvalue weighted by molar-refractivity contribution is 5.94. The molecule has 8 nitrogen and oxygen atoms in total. The van der Waals surface area contributed by atoms with E-state index in [1.807, 2.05) is 18.2 Å². The number of aliphatic hydroxyl groups is 1. The molecule has 0 aliphatic carbocycles. The standard InChI is InChI=1S/C25H31N5O3.2ClH/c1-29(24(31)19-5-7-20(8-6-19)33-17-3-12-26)18-25(32)10-15-30(16-11-25)22-9-14-27-21-4-2-13-28-23(21)22;;/h2,4-9,13-14,32H,3,10-12,15-18,26H2,1H3;2*1H. The van der Waals surface area contributed by atoms with Gasteiger partial charge in [-0.1, -0.05) is 0 Å². The van der Waals surface area contributed by atoms with Crippen LogP contribution in [-0.2, 0) is 0 Å². The number of carbonyl (C=O) groups excluding carboxylic acids is 1. The lowest BCUT2D eigenvalue weighted by Gasteiger charge is -2.41. The number of hydrogen-bond donors (Lipinski definition) is 2. The summed E-state index contributed by atoms with van der Waals surface area (Å²) < 4.78 is 5.59. The second-order valence-corrected chi connectivity index (χ2v) is 8.59. The van der Waals surface area contributed by atoms with Crippen LogP contribution >= 0.6 is 24.8 Å². The number of benzene rings is 1. The van der Waals surface area contributed by atoms with Crippen molar-refractivity contribution >= 4 is 47.4 Å². The molecule has 0 bridgehead atoms. The fourth-order valence-electron chi connectivity index (χ4n) is 4.24. The van der Waals surface area contributed by atoms with Crippen molar-refractivity contribution in [3.8, 4) is 5.75 Å². The number of nitrogens with zero attached hydrogens (tertiary/aromatic N) is 4. The molecule has 0 radical (unpaired) electrons. The topological polar surface area (TPSA) is 105 Å². The molecule has 1 saturated heterocycles. The Morgan fingerprint density at radius 1 is 1.11 bits per heavy atom. The van der Waals surface area contributed by atoms with E-state index in [0.29, 0.717) is 50.4 Å². The monoisotopic (exact) mass is 521 g/mol. The van der Waals surface area contributed by atoms with Gasteiger partial charge in [0.15, 0.2) is 0 Å². The van der Waals surface area contributed by atoms with Crippen LogP contribution < -0.4 is 15.4 Å². The Labute approximate surface area is 218 Å². The van der Waals surface area contributed by atoms with Crippen molar-refractivity contribution in [2.24, 2.45) is 5.73 Å². The van der Waals surface area contributed by atoms with Gasteiger partial charge in [0.2, 0.25) is 0 Å². The minimum absolute atomic E-state index is 0. The number of hydrogen-bond acceptors (Lipinski definition) is 7. The Morgan fingerprint density at radius 2 is 1.83 bits per heavy atom. The van der Waals surface area contributed by atoms with Gasteiger partial charge in [-0.15, -0.1) is 24.8 Å². The van der Waals surface area contributed by atoms with E-state index < -0.39 is 5.60 Å². The lowest BCUT2D eigenvalue weighted by Crippen LogP contribution is -2.51. The summed E-state index contributed by atoms with van der Waals surface area (Å²) in [6.07, 6.45) is 5.48. The molecule has 1 aliphatic heterocycles. The zero-order chi connectivity index (χ0) is 23.3. The smallest absolute Gasteiger partial charge is 0.253 e. The number of ether oxygens (including phenoxy) is 1. The number of pyridine rings is 2. The molecule has 1 fully saturated rings. The van der Waals surface area contributed by atoms with Crippen LogP contribution in [0.2, 0.25) is 0 Å². The number of aromatic nitrogens is 2. The van der Waals surface area contributed by atoms with E-state index in [1.54, 1.807) is 48.6 Å². The van der Waals surface area contributed by atoms with Gasteiger partial charge in [-0.2, -0.15) is 0 Å². The Hall–Kier alpha value is -2.65. The minimum atomic E-state index is -0.928. The maximum Gasteiger partial charge on any atom is 0.253 e. The summed E-state index contributed by atoms with van der Waals surface area (Å²) in [4.78, 5) is 25.6. The van der Waals surface area contributed by atoms with Gasteiger partial charge in [-0.3, -0.25) is 14.8 Å². The molecular formula is C25H33Cl2N5O3. The largest absolute Gasteiger partial charge is 0.494 e. The van der Waals surface area contributed by atoms with Crippen molar-refractivity contribution in [2.75, 3.05) is 44.7 Å². The van der Waals surface area contributed by atoms with Crippen molar-refractivity contribution < 1.29 is 14.6 Å². The number of nitrogens with two attached hydrogens (primary N) is 1. The number of anilines is 1. The van der Waals surface area contributed by atoms with Crippen molar-refractivity contribution in [2.45, 2.75) is 24.9 Å². The van der Waals surface area contributed by atoms with Crippen molar-refractivity contribution in [3.05, 3.63) is 60.4 Å². The third-order valence-corrected chi connectivity index (χ3v) is 6.11. The average Bonchev–Trinajstić information content (AvgIpc) is 2.84. The van der Waals surface area contributed by atoms with Gasteiger partial charge in [0.1, 0.15) is 11.3 Å². The number of halogens is 2. The fraction of sp³-hybridized carbons (Fsp3) is 0.400. The Kier molecular flexibility index (Phi) is 10.5. The first-order valence-corrected chi connectivity index (χ1v) is 11.3. The SMILES string of the molecule is CN(CC1(O)CCN(c2ccnc3cccnc23)CC1)C(=O)c1ccc(OCCCN)cc1.Cl.Cl. The normalized spacial score (nSPS) is 14.5. The van der Waals surface area contributed by atoms with Gasteiger partial charge in [-0.25, -0.2) is 0 Å². The first-order chi connectivity index (χ1) is 16.0. The minimum Gasteiger partial charge on any atom is -0.494 e. The zero-order valence-electron chi connectivity index (χ0n) is 19.8. The second-order valence-electron chi connectivity index (χ2n) is 8.59. The summed E-state index contributed by atoms with van der Waals surface area (Å²) in [6, 6.07) is 12.9. The van der Waals surface area contributed by atoms with Crippen LogP contribution in [0.15, 0.2) is 54.9 Å². The molecule has 0 saturated carbocycles. The van der Waals surface area contributed by atoms with Crippen LogP contribution in [0.25, 0.3) is 11.0 Å². The van der Waals surface area contributed by atoms with E-state index in [9.17, 15) is 9.90 Å². The van der Waals surface area contributed by atoms with Gasteiger partial charge in [0.05, 0.1) is 23.4 Å². The second kappa shape index (κ2) is 12.9. The summed E-state index contributed by atoms with van der Waals surface area (Å²) in [5.74, 6) is 0.593. The van der Waals surface area contributed by atoms with Crippen LogP contribution in [0, 0.1) is 0 Å². The van der Waals surface area contributed by atoms with Crippen LogP contribution in [-0.4, -0.2) is 71.3 Å². The molecule has 35 heavy (non-hydrogen) atoms. The molecule has 1 amide bonds. The van der Waals surface area contributed by atoms with Gasteiger partial charge in [0.25, 0.3) is 5.91 Å². The number of amides is 1. The lowest BCUT2D eigenvalue weighted by molar-refractivity contribution is -0.00799. The average molecular weight is 522 g/mol. The first kappa shape index (κ1) is 28.6. The van der Waals surface area contributed by atoms with Gasteiger partial charge in [0, 0.05) is 44.6 Å². The molecular weight excluding hydrogens is 489 g/mol. The molecule has 1 aliphatic rings. The highest BCUT2D eigenvalue weighted by Crippen LogP contribution is 2.30. The van der Waals surface area contributed by atoms with E-state index in [4.69, 9.17) is 10.5 Å². The summed E-state index contributed by atoms with van der Waals surface area (Å²) in [6.45, 7) is 2.78. The van der Waals surface area contributed by atoms with Crippen molar-refractivity contribution in [3.63, 3.8) is 0 Å². The summed E-state index contributed by atoms with van der Waals surface area (Å²) >= 11 is 0. The third-order valence-electron chi connectivity index (χ3n) is 6.11. The predicted octanol–water partition coefficient (Wildman–Crippen LogP) is 3.30.